The van der Waals surface area contributed by atoms with E-state index >= 15 is 0 Å². The van der Waals surface area contributed by atoms with Crippen molar-refractivity contribution < 1.29 is 0 Å². The molecule has 0 saturated carbocycles. The van der Waals surface area contributed by atoms with Crippen LogP contribution in [-0.2, 0) is 6.42 Å². The van der Waals surface area contributed by atoms with Crippen LogP contribution in [0.3, 0.4) is 0 Å². The average Bonchev–Trinajstić information content (AvgIpc) is 2.75. The van der Waals surface area contributed by atoms with Crippen molar-refractivity contribution in [3.05, 3.63) is 49.3 Å². The second kappa shape index (κ2) is 6.15. The van der Waals surface area contributed by atoms with Crippen molar-refractivity contribution in [1.29, 1.82) is 0 Å². The Hall–Kier alpha value is -0.420. The Morgan fingerprint density at radius 3 is 2.83 bits per heavy atom. The smallest absolute Gasteiger partial charge is 0.0947 e. The van der Waals surface area contributed by atoms with Crippen LogP contribution in [0.2, 0.25) is 5.02 Å². The zero-order chi connectivity index (χ0) is 13.1. The predicted octanol–water partition coefficient (Wildman–Crippen LogP) is 4.37. The molecule has 1 N–H and O–H groups in total. The minimum atomic E-state index is 0.254. The van der Waals surface area contributed by atoms with Gasteiger partial charge in [-0.1, -0.05) is 17.7 Å². The molecule has 0 amide bonds. The predicted molar refractivity (Wildman–Crippen MR) is 81.5 cm³/mol. The Morgan fingerprint density at radius 2 is 2.28 bits per heavy atom. The van der Waals surface area contributed by atoms with Crippen molar-refractivity contribution in [2.24, 2.45) is 0 Å². The first-order valence-corrected chi connectivity index (χ1v) is 7.68. The lowest BCUT2D eigenvalue weighted by Crippen LogP contribution is -2.18. The Balaban J connectivity index is 2.19. The second-order valence-electron chi connectivity index (χ2n) is 4.10. The first kappa shape index (κ1) is 14.0. The monoisotopic (exact) mass is 344 g/mol. The van der Waals surface area contributed by atoms with Gasteiger partial charge in [0.25, 0.3) is 0 Å². The molecule has 18 heavy (non-hydrogen) atoms. The number of nitrogens with one attached hydrogen (secondary N) is 1. The Morgan fingerprint density at radius 1 is 1.50 bits per heavy atom. The van der Waals surface area contributed by atoms with E-state index in [1.165, 1.54) is 5.56 Å². The Bertz CT molecular complexity index is 542. The van der Waals surface area contributed by atoms with Crippen LogP contribution < -0.4 is 5.32 Å². The van der Waals surface area contributed by atoms with Crippen LogP contribution >= 0.6 is 38.9 Å². The number of hydrogen-bond donors (Lipinski definition) is 1. The van der Waals surface area contributed by atoms with Crippen LogP contribution in [0.25, 0.3) is 0 Å². The number of rotatable bonds is 4. The minimum absolute atomic E-state index is 0.254. The SMILES string of the molecule is CNC(Cc1nc(C)cs1)c1ccc(Cl)c(Br)c1. The van der Waals surface area contributed by atoms with Crippen LogP contribution in [0.4, 0.5) is 0 Å². The molecule has 0 spiro atoms. The standard InChI is InChI=1S/C13H14BrClN2S/c1-8-7-18-13(17-8)6-12(16-2)9-3-4-11(15)10(14)5-9/h3-5,7,12,16H,6H2,1-2H3. The molecule has 1 aromatic heterocycles. The van der Waals surface area contributed by atoms with Gasteiger partial charge in [-0.05, 0) is 47.6 Å². The van der Waals surface area contributed by atoms with Crippen LogP contribution in [0.1, 0.15) is 22.3 Å². The number of aromatic nitrogens is 1. The maximum Gasteiger partial charge on any atom is 0.0947 e. The van der Waals surface area contributed by atoms with E-state index in [4.69, 9.17) is 11.6 Å². The van der Waals surface area contributed by atoms with Gasteiger partial charge in [-0.25, -0.2) is 4.98 Å². The number of likely N-dealkylation sites (N-methyl/N-ethyl adjacent to an activating group) is 1. The lowest BCUT2D eigenvalue weighted by molar-refractivity contribution is 0.589. The highest BCUT2D eigenvalue weighted by atomic mass is 79.9. The van der Waals surface area contributed by atoms with Gasteiger partial charge in [0.1, 0.15) is 0 Å². The molecule has 1 atom stereocenters. The van der Waals surface area contributed by atoms with Crippen molar-refractivity contribution in [2.75, 3.05) is 7.05 Å². The van der Waals surface area contributed by atoms with E-state index in [2.05, 4.69) is 43.7 Å². The highest BCUT2D eigenvalue weighted by Crippen LogP contribution is 2.28. The molecule has 5 heteroatoms. The molecule has 2 rings (SSSR count). The zero-order valence-electron chi connectivity index (χ0n) is 10.2. The molecule has 0 aliphatic carbocycles. The summed E-state index contributed by atoms with van der Waals surface area (Å²) < 4.78 is 0.928. The molecule has 1 aromatic carbocycles. The van der Waals surface area contributed by atoms with E-state index in [1.54, 1.807) is 11.3 Å². The Labute approximate surface area is 125 Å². The van der Waals surface area contributed by atoms with E-state index in [9.17, 15) is 0 Å². The molecule has 0 saturated heterocycles. The first-order chi connectivity index (χ1) is 8.60. The maximum atomic E-state index is 6.01. The van der Waals surface area contributed by atoms with Gasteiger partial charge >= 0.3 is 0 Å². The third-order valence-electron chi connectivity index (χ3n) is 2.74. The van der Waals surface area contributed by atoms with Crippen molar-refractivity contribution >= 4 is 38.9 Å². The molecular formula is C13H14BrClN2S. The zero-order valence-corrected chi connectivity index (χ0v) is 13.4. The number of thiazole rings is 1. The molecule has 0 fully saturated rings. The van der Waals surface area contributed by atoms with Crippen molar-refractivity contribution in [1.82, 2.24) is 10.3 Å². The second-order valence-corrected chi connectivity index (χ2v) is 6.31. The number of nitrogens with zero attached hydrogens (tertiary/aromatic N) is 1. The molecule has 0 aliphatic heterocycles. The molecule has 0 radical (unpaired) electrons. The van der Waals surface area contributed by atoms with Gasteiger partial charge in [0, 0.05) is 28.0 Å². The number of aryl methyl sites for hydroxylation is 1. The highest BCUT2D eigenvalue weighted by molar-refractivity contribution is 9.10. The molecule has 0 bridgehead atoms. The average molecular weight is 346 g/mol. The third kappa shape index (κ3) is 3.32. The number of benzene rings is 1. The topological polar surface area (TPSA) is 24.9 Å². The summed E-state index contributed by atoms with van der Waals surface area (Å²) in [6.45, 7) is 2.02. The lowest BCUT2D eigenvalue weighted by atomic mass is 10.0. The van der Waals surface area contributed by atoms with Gasteiger partial charge in [-0.2, -0.15) is 0 Å². The summed E-state index contributed by atoms with van der Waals surface area (Å²) in [6.07, 6.45) is 0.892. The van der Waals surface area contributed by atoms with E-state index in [0.29, 0.717) is 0 Å². The van der Waals surface area contributed by atoms with E-state index in [0.717, 1.165) is 26.6 Å². The number of halogens is 2. The van der Waals surface area contributed by atoms with Crippen molar-refractivity contribution in [3.63, 3.8) is 0 Å². The summed E-state index contributed by atoms with van der Waals surface area (Å²) in [5, 5.41) is 7.29. The summed E-state index contributed by atoms with van der Waals surface area (Å²) in [4.78, 5) is 4.50. The number of hydrogen-bond acceptors (Lipinski definition) is 3. The normalized spacial score (nSPS) is 12.7. The van der Waals surface area contributed by atoms with Crippen molar-refractivity contribution in [2.45, 2.75) is 19.4 Å². The van der Waals surface area contributed by atoms with Gasteiger partial charge in [-0.15, -0.1) is 11.3 Å². The fourth-order valence-electron chi connectivity index (χ4n) is 1.79. The van der Waals surface area contributed by atoms with Crippen LogP contribution in [0.15, 0.2) is 28.1 Å². The van der Waals surface area contributed by atoms with E-state index < -0.39 is 0 Å². The van der Waals surface area contributed by atoms with Crippen LogP contribution in [0, 0.1) is 6.92 Å². The van der Waals surface area contributed by atoms with Gasteiger partial charge in [0.15, 0.2) is 0 Å². The quantitative estimate of drug-likeness (QED) is 0.890. The van der Waals surface area contributed by atoms with E-state index in [-0.39, 0.29) is 6.04 Å². The Kier molecular flexibility index (Phi) is 4.78. The fraction of sp³-hybridized carbons (Fsp3) is 0.308. The van der Waals surface area contributed by atoms with Gasteiger partial charge in [0.05, 0.1) is 10.0 Å². The van der Waals surface area contributed by atoms with Crippen LogP contribution in [-0.4, -0.2) is 12.0 Å². The van der Waals surface area contributed by atoms with E-state index in [1.807, 2.05) is 20.0 Å². The van der Waals surface area contributed by atoms with Gasteiger partial charge in [0.2, 0.25) is 0 Å². The molecule has 2 nitrogen and oxygen atoms in total. The summed E-state index contributed by atoms with van der Waals surface area (Å²) in [5.74, 6) is 0. The van der Waals surface area contributed by atoms with Crippen molar-refractivity contribution in [3.8, 4) is 0 Å². The maximum absolute atomic E-state index is 6.01. The highest BCUT2D eigenvalue weighted by Gasteiger charge is 2.13. The fourth-order valence-corrected chi connectivity index (χ4v) is 3.12. The van der Waals surface area contributed by atoms with Gasteiger partial charge in [-0.3, -0.25) is 0 Å². The largest absolute Gasteiger partial charge is 0.313 e. The molecule has 2 aromatic rings. The molecular weight excluding hydrogens is 332 g/mol. The van der Waals surface area contributed by atoms with Gasteiger partial charge < -0.3 is 5.32 Å². The molecule has 96 valence electrons. The van der Waals surface area contributed by atoms with Crippen LogP contribution in [0.5, 0.6) is 0 Å². The summed E-state index contributed by atoms with van der Waals surface area (Å²) >= 11 is 11.2. The minimum Gasteiger partial charge on any atom is -0.313 e. The summed E-state index contributed by atoms with van der Waals surface area (Å²) in [6, 6.07) is 6.28. The third-order valence-corrected chi connectivity index (χ3v) is 4.94. The molecule has 1 heterocycles. The molecule has 0 aliphatic rings. The lowest BCUT2D eigenvalue weighted by Gasteiger charge is -2.16. The summed E-state index contributed by atoms with van der Waals surface area (Å²) in [7, 11) is 1.97. The first-order valence-electron chi connectivity index (χ1n) is 5.63. The summed E-state index contributed by atoms with van der Waals surface area (Å²) in [5.41, 5.74) is 2.30. The molecule has 1 unspecified atom stereocenters.